The molecule has 0 bridgehead atoms. The zero-order valence-corrected chi connectivity index (χ0v) is 14.0. The molecule has 1 amide bonds. The van der Waals surface area contributed by atoms with Crippen molar-refractivity contribution >= 4 is 43.6 Å². The van der Waals surface area contributed by atoms with Gasteiger partial charge in [0.25, 0.3) is 5.91 Å². The van der Waals surface area contributed by atoms with Gasteiger partial charge in [0, 0.05) is 12.1 Å². The fourth-order valence-corrected chi connectivity index (χ4v) is 3.64. The molecular formula is C18H10N2O5S. The highest BCUT2D eigenvalue weighted by molar-refractivity contribution is 7.22. The third-order valence-electron chi connectivity index (χ3n) is 4.03. The van der Waals surface area contributed by atoms with Crippen molar-refractivity contribution in [3.63, 3.8) is 0 Å². The Balaban J connectivity index is 1.50. The number of nitrogens with zero attached hydrogens (tertiary/aromatic N) is 1. The van der Waals surface area contributed by atoms with Gasteiger partial charge in [-0.2, -0.15) is 0 Å². The van der Waals surface area contributed by atoms with Crippen LogP contribution in [0.25, 0.3) is 21.2 Å². The highest BCUT2D eigenvalue weighted by atomic mass is 32.1. The zero-order valence-electron chi connectivity index (χ0n) is 13.1. The number of ether oxygens (including phenoxy) is 2. The Morgan fingerprint density at radius 3 is 2.85 bits per heavy atom. The van der Waals surface area contributed by atoms with E-state index in [2.05, 4.69) is 10.3 Å². The van der Waals surface area contributed by atoms with Crippen LogP contribution in [0.2, 0.25) is 0 Å². The fourth-order valence-electron chi connectivity index (χ4n) is 2.77. The second-order valence-corrected chi connectivity index (χ2v) is 6.65. The van der Waals surface area contributed by atoms with Crippen LogP contribution in [0.4, 0.5) is 5.13 Å². The third-order valence-corrected chi connectivity index (χ3v) is 4.96. The molecule has 1 aliphatic heterocycles. The van der Waals surface area contributed by atoms with Crippen LogP contribution < -0.4 is 20.2 Å². The lowest BCUT2D eigenvalue weighted by Gasteiger charge is -2.02. The molecule has 4 aromatic rings. The lowest BCUT2D eigenvalue weighted by atomic mass is 10.1. The molecule has 3 heterocycles. The van der Waals surface area contributed by atoms with Crippen molar-refractivity contribution in [1.82, 2.24) is 4.98 Å². The average Bonchev–Trinajstić information content (AvgIpc) is 3.25. The number of hydrogen-bond acceptors (Lipinski definition) is 7. The molecule has 0 fully saturated rings. The summed E-state index contributed by atoms with van der Waals surface area (Å²) in [6, 6.07) is 10.4. The van der Waals surface area contributed by atoms with Gasteiger partial charge < -0.3 is 13.9 Å². The Labute approximate surface area is 149 Å². The molecule has 2 aromatic carbocycles. The summed E-state index contributed by atoms with van der Waals surface area (Å²) in [7, 11) is 0. The summed E-state index contributed by atoms with van der Waals surface area (Å²) in [6.07, 6.45) is 1.17. The number of anilines is 1. The van der Waals surface area contributed by atoms with E-state index < -0.39 is 5.91 Å². The van der Waals surface area contributed by atoms with Crippen molar-refractivity contribution in [2.45, 2.75) is 0 Å². The summed E-state index contributed by atoms with van der Waals surface area (Å²) in [4.78, 5) is 29.4. The summed E-state index contributed by atoms with van der Waals surface area (Å²) in [5.41, 5.74) is 0.659. The first-order chi connectivity index (χ1) is 12.7. The maximum absolute atomic E-state index is 12.5. The van der Waals surface area contributed by atoms with Crippen LogP contribution >= 0.6 is 11.3 Å². The van der Waals surface area contributed by atoms with Gasteiger partial charge in [0.15, 0.2) is 16.6 Å². The number of fused-ring (bicyclic) bond motifs is 3. The molecule has 0 aliphatic carbocycles. The quantitative estimate of drug-likeness (QED) is 0.585. The van der Waals surface area contributed by atoms with Crippen molar-refractivity contribution in [3.05, 3.63) is 58.4 Å². The normalized spacial score (nSPS) is 12.6. The highest BCUT2D eigenvalue weighted by Crippen LogP contribution is 2.38. The maximum Gasteiger partial charge on any atom is 0.264 e. The van der Waals surface area contributed by atoms with E-state index in [1.165, 1.54) is 17.6 Å². The van der Waals surface area contributed by atoms with E-state index in [0.717, 1.165) is 4.70 Å². The second-order valence-electron chi connectivity index (χ2n) is 5.62. The largest absolute Gasteiger partial charge is 0.463 e. The van der Waals surface area contributed by atoms with E-state index in [0.29, 0.717) is 33.1 Å². The number of para-hydroxylation sites is 1. The zero-order chi connectivity index (χ0) is 17.7. The van der Waals surface area contributed by atoms with Crippen molar-refractivity contribution in [3.8, 4) is 11.5 Å². The summed E-state index contributed by atoms with van der Waals surface area (Å²) in [6.45, 7) is 0.188. The van der Waals surface area contributed by atoms with Gasteiger partial charge in [-0.05, 0) is 12.1 Å². The Kier molecular flexibility index (Phi) is 3.19. The Hall–Kier alpha value is -3.39. The first kappa shape index (κ1) is 14.9. The molecule has 2 aromatic heterocycles. The summed E-state index contributed by atoms with van der Waals surface area (Å²) in [5.74, 6) is 0.702. The number of benzene rings is 2. The molecule has 0 saturated carbocycles. The number of amides is 1. The second kappa shape index (κ2) is 5.57. The molecule has 128 valence electrons. The van der Waals surface area contributed by atoms with Crippen LogP contribution in [0.15, 0.2) is 51.9 Å². The van der Waals surface area contributed by atoms with Crippen LogP contribution in [0.3, 0.4) is 0 Å². The van der Waals surface area contributed by atoms with Crippen LogP contribution in [-0.2, 0) is 0 Å². The maximum atomic E-state index is 12.5. The van der Waals surface area contributed by atoms with Crippen LogP contribution in [0.5, 0.6) is 11.5 Å². The first-order valence-corrected chi connectivity index (χ1v) is 8.53. The van der Waals surface area contributed by atoms with Crippen LogP contribution in [0, 0.1) is 0 Å². The smallest absolute Gasteiger partial charge is 0.264 e. The number of hydrogen-bond donors (Lipinski definition) is 1. The van der Waals surface area contributed by atoms with Gasteiger partial charge in [-0.3, -0.25) is 14.9 Å². The van der Waals surface area contributed by atoms with E-state index in [1.807, 2.05) is 6.07 Å². The number of rotatable bonds is 2. The van der Waals surface area contributed by atoms with Crippen molar-refractivity contribution in [2.24, 2.45) is 0 Å². The minimum atomic E-state index is -0.566. The van der Waals surface area contributed by atoms with Crippen LogP contribution in [0.1, 0.15) is 10.4 Å². The molecule has 0 spiro atoms. The predicted octanol–water partition coefficient (Wildman–Crippen LogP) is 3.38. The first-order valence-electron chi connectivity index (χ1n) is 7.71. The van der Waals surface area contributed by atoms with Gasteiger partial charge in [-0.1, -0.05) is 23.5 Å². The van der Waals surface area contributed by atoms with E-state index in [9.17, 15) is 9.59 Å². The van der Waals surface area contributed by atoms with Crippen molar-refractivity contribution < 1.29 is 18.7 Å². The van der Waals surface area contributed by atoms with Gasteiger partial charge in [0.1, 0.15) is 17.4 Å². The number of carbonyl (C=O) groups excluding carboxylic acids is 1. The van der Waals surface area contributed by atoms with Crippen molar-refractivity contribution in [1.29, 1.82) is 0 Å². The lowest BCUT2D eigenvalue weighted by Crippen LogP contribution is -2.21. The summed E-state index contributed by atoms with van der Waals surface area (Å²) >= 11 is 1.28. The Morgan fingerprint density at radius 1 is 1.15 bits per heavy atom. The molecule has 1 N–H and O–H groups in total. The van der Waals surface area contributed by atoms with Gasteiger partial charge in [0.05, 0.1) is 15.6 Å². The molecule has 7 nitrogen and oxygen atoms in total. The number of nitrogens with one attached hydrogen (secondary N) is 1. The van der Waals surface area contributed by atoms with Gasteiger partial charge >= 0.3 is 0 Å². The highest BCUT2D eigenvalue weighted by Gasteiger charge is 2.19. The molecule has 0 saturated heterocycles. The molecule has 0 unspecified atom stereocenters. The Bertz CT molecular complexity index is 1200. The van der Waals surface area contributed by atoms with Crippen LogP contribution in [-0.4, -0.2) is 17.7 Å². The number of thiazole rings is 1. The van der Waals surface area contributed by atoms with E-state index >= 15 is 0 Å². The van der Waals surface area contributed by atoms with E-state index in [-0.39, 0.29) is 17.8 Å². The van der Waals surface area contributed by atoms with E-state index in [1.54, 1.807) is 30.3 Å². The molecule has 0 radical (unpaired) electrons. The molecule has 1 aliphatic rings. The molecule has 26 heavy (non-hydrogen) atoms. The van der Waals surface area contributed by atoms with E-state index in [4.69, 9.17) is 13.9 Å². The van der Waals surface area contributed by atoms with Crippen molar-refractivity contribution in [2.75, 3.05) is 12.1 Å². The number of carbonyl (C=O) groups is 1. The summed E-state index contributed by atoms with van der Waals surface area (Å²) in [5, 5.41) is 3.39. The molecular weight excluding hydrogens is 356 g/mol. The SMILES string of the molecule is O=C(Nc1nc2cc3c(cc2s1)OCO3)c1coc2ccccc2c1=O. The molecule has 8 heteroatoms. The minimum absolute atomic E-state index is 0.0721. The minimum Gasteiger partial charge on any atom is -0.463 e. The Morgan fingerprint density at radius 2 is 1.96 bits per heavy atom. The van der Waals surface area contributed by atoms with Gasteiger partial charge in [0.2, 0.25) is 12.2 Å². The lowest BCUT2D eigenvalue weighted by molar-refractivity contribution is 0.102. The monoisotopic (exact) mass is 366 g/mol. The molecule has 5 rings (SSSR count). The third kappa shape index (κ3) is 2.31. The standard InChI is InChI=1S/C18H10N2O5S/c21-16-9-3-1-2-4-12(9)23-7-10(16)17(22)20-18-19-11-5-13-14(25-8-24-13)6-15(11)26-18/h1-7H,8H2,(H,19,20,22). The predicted molar refractivity (Wildman–Crippen MR) is 96.2 cm³/mol. The fraction of sp³-hybridized carbons (Fsp3) is 0.0556. The summed E-state index contributed by atoms with van der Waals surface area (Å²) < 4.78 is 16.9. The average molecular weight is 366 g/mol. The number of aromatic nitrogens is 1. The van der Waals surface area contributed by atoms with Gasteiger partial charge in [-0.25, -0.2) is 4.98 Å². The molecule has 0 atom stereocenters. The van der Waals surface area contributed by atoms with Gasteiger partial charge in [-0.15, -0.1) is 0 Å². The topological polar surface area (TPSA) is 90.7 Å².